The van der Waals surface area contributed by atoms with Crippen LogP contribution in [0.3, 0.4) is 0 Å². The Kier molecular flexibility index (Phi) is 4.49. The fourth-order valence-corrected chi connectivity index (χ4v) is 5.31. The Morgan fingerprint density at radius 1 is 1.13 bits per heavy atom. The number of aromatic hydroxyl groups is 1. The number of hydrogen-bond donors (Lipinski definition) is 3. The molecule has 0 radical (unpaired) electrons. The first kappa shape index (κ1) is 19.3. The third-order valence-corrected chi connectivity index (χ3v) is 7.06. The van der Waals surface area contributed by atoms with E-state index in [1.165, 1.54) is 22.1 Å². The molecule has 11 heteroatoms. The van der Waals surface area contributed by atoms with Gasteiger partial charge in [-0.25, -0.2) is 4.68 Å². The number of hydrogen-bond acceptors (Lipinski definition) is 8. The summed E-state index contributed by atoms with van der Waals surface area (Å²) in [6.45, 7) is 0.318. The highest BCUT2D eigenvalue weighted by atomic mass is 32.2. The Morgan fingerprint density at radius 2 is 1.90 bits per heavy atom. The van der Waals surface area contributed by atoms with E-state index in [0.717, 1.165) is 5.56 Å². The van der Waals surface area contributed by atoms with Gasteiger partial charge in [-0.05, 0) is 41.3 Å². The van der Waals surface area contributed by atoms with Crippen LogP contribution < -0.4 is 16.3 Å². The van der Waals surface area contributed by atoms with E-state index in [0.29, 0.717) is 16.8 Å². The van der Waals surface area contributed by atoms with Crippen molar-refractivity contribution in [1.29, 1.82) is 0 Å². The van der Waals surface area contributed by atoms with E-state index in [9.17, 15) is 18.3 Å². The van der Waals surface area contributed by atoms with Crippen LogP contribution in [-0.4, -0.2) is 29.0 Å². The van der Waals surface area contributed by atoms with Gasteiger partial charge in [-0.1, -0.05) is 12.1 Å². The lowest BCUT2D eigenvalue weighted by Gasteiger charge is -2.20. The number of benzene rings is 1. The van der Waals surface area contributed by atoms with Crippen LogP contribution >= 0.6 is 11.3 Å². The molecule has 1 aliphatic rings. The molecule has 3 aromatic heterocycles. The van der Waals surface area contributed by atoms with E-state index >= 15 is 0 Å². The lowest BCUT2D eigenvalue weighted by atomic mass is 10.2. The molecule has 0 amide bonds. The summed E-state index contributed by atoms with van der Waals surface area (Å²) in [5.41, 5.74) is 3.85. The summed E-state index contributed by atoms with van der Waals surface area (Å²) < 4.78 is 30.8. The minimum Gasteiger partial charge on any atom is -0.505 e. The molecule has 0 fully saturated rings. The number of amidine groups is 1. The third kappa shape index (κ3) is 3.23. The first-order chi connectivity index (χ1) is 15.0. The van der Waals surface area contributed by atoms with Gasteiger partial charge in [0.15, 0.2) is 11.6 Å². The number of sulfonamides is 1. The highest BCUT2D eigenvalue weighted by molar-refractivity contribution is 7.90. The second-order valence-corrected chi connectivity index (χ2v) is 9.21. The number of thiophene rings is 1. The topological polar surface area (TPSA) is 126 Å². The summed E-state index contributed by atoms with van der Waals surface area (Å²) in [7, 11) is -4.04. The second-order valence-electron chi connectivity index (χ2n) is 6.73. The maximum Gasteiger partial charge on any atom is 0.286 e. The van der Waals surface area contributed by atoms with Gasteiger partial charge < -0.3 is 15.8 Å². The summed E-state index contributed by atoms with van der Waals surface area (Å²) in [6.07, 6.45) is 3.29. The lowest BCUT2D eigenvalue weighted by molar-refractivity contribution is 0.479. The van der Waals surface area contributed by atoms with E-state index in [4.69, 9.17) is 0 Å². The van der Waals surface area contributed by atoms with Gasteiger partial charge in [0.2, 0.25) is 0 Å². The number of nitrogens with one attached hydrogen (secondary N) is 2. The van der Waals surface area contributed by atoms with Gasteiger partial charge in [-0.3, -0.25) is 9.78 Å². The van der Waals surface area contributed by atoms with E-state index in [-0.39, 0.29) is 27.7 Å². The highest BCUT2D eigenvalue weighted by Gasteiger charge is 2.30. The standard InChI is InChI=1S/C20H15N5O4S2/c26-17-16(19-23-13-3-1-2-4-15(13)31(28,29)24-19)20(27)25(14-7-10-30-18(14)17)22-11-12-5-8-21-9-6-12/h1-10,22,26H,11H2,(H,23,24). The van der Waals surface area contributed by atoms with E-state index in [1.807, 2.05) is 0 Å². The van der Waals surface area contributed by atoms with Crippen molar-refractivity contribution < 1.29 is 13.5 Å². The van der Waals surface area contributed by atoms with Gasteiger partial charge in [-0.2, -0.15) is 8.42 Å². The third-order valence-electron chi connectivity index (χ3n) is 4.81. The zero-order chi connectivity index (χ0) is 21.6. The largest absolute Gasteiger partial charge is 0.505 e. The number of aromatic nitrogens is 2. The molecule has 0 aliphatic carbocycles. The zero-order valence-electron chi connectivity index (χ0n) is 15.8. The summed E-state index contributed by atoms with van der Waals surface area (Å²) in [5.74, 6) is -0.547. The first-order valence-corrected chi connectivity index (χ1v) is 11.5. The first-order valence-electron chi connectivity index (χ1n) is 9.15. The smallest absolute Gasteiger partial charge is 0.286 e. The van der Waals surface area contributed by atoms with Crippen molar-refractivity contribution in [3.8, 4) is 5.75 Å². The summed E-state index contributed by atoms with van der Waals surface area (Å²) in [6, 6.07) is 11.6. The monoisotopic (exact) mass is 453 g/mol. The summed E-state index contributed by atoms with van der Waals surface area (Å²) >= 11 is 1.23. The number of pyridine rings is 2. The average Bonchev–Trinajstić information content (AvgIpc) is 3.24. The van der Waals surface area contributed by atoms with Gasteiger partial charge in [0, 0.05) is 12.4 Å². The minimum absolute atomic E-state index is 0.00609. The molecule has 9 nitrogen and oxygen atoms in total. The number of anilines is 1. The second kappa shape index (κ2) is 7.22. The van der Waals surface area contributed by atoms with Crippen molar-refractivity contribution in [2.45, 2.75) is 11.4 Å². The molecule has 5 rings (SSSR count). The number of rotatable bonds is 4. The molecule has 31 heavy (non-hydrogen) atoms. The van der Waals surface area contributed by atoms with Crippen LogP contribution in [0.5, 0.6) is 5.75 Å². The van der Waals surface area contributed by atoms with Crippen LogP contribution in [-0.2, 0) is 16.6 Å². The van der Waals surface area contributed by atoms with Gasteiger partial charge in [0.05, 0.1) is 22.4 Å². The fraction of sp³-hybridized carbons (Fsp3) is 0.0500. The molecule has 4 heterocycles. The number of para-hydroxylation sites is 1. The molecule has 3 N–H and O–H groups in total. The van der Waals surface area contributed by atoms with Crippen LogP contribution in [0, 0.1) is 0 Å². The molecule has 0 saturated carbocycles. The molecule has 156 valence electrons. The Hall–Kier alpha value is -3.70. The van der Waals surface area contributed by atoms with Gasteiger partial charge >= 0.3 is 0 Å². The molecular weight excluding hydrogens is 438 g/mol. The molecule has 1 aliphatic heterocycles. The van der Waals surface area contributed by atoms with Crippen molar-refractivity contribution in [1.82, 2.24) is 9.66 Å². The van der Waals surface area contributed by atoms with Gasteiger partial charge in [-0.15, -0.1) is 15.7 Å². The molecule has 4 aromatic rings. The van der Waals surface area contributed by atoms with Gasteiger partial charge in [0.1, 0.15) is 10.5 Å². The van der Waals surface area contributed by atoms with E-state index in [2.05, 4.69) is 20.1 Å². The van der Waals surface area contributed by atoms with Crippen LogP contribution in [0.2, 0.25) is 0 Å². The van der Waals surface area contributed by atoms with Crippen LogP contribution in [0.1, 0.15) is 11.1 Å². The maximum absolute atomic E-state index is 13.4. The molecule has 1 aromatic carbocycles. The molecular formula is C20H15N5O4S2. The predicted molar refractivity (Wildman–Crippen MR) is 119 cm³/mol. The average molecular weight is 454 g/mol. The molecule has 0 bridgehead atoms. The summed E-state index contributed by atoms with van der Waals surface area (Å²) in [5, 5.41) is 15.5. The quantitative estimate of drug-likeness (QED) is 0.433. The zero-order valence-corrected chi connectivity index (χ0v) is 17.4. The number of nitrogens with zero attached hydrogens (tertiary/aromatic N) is 3. The predicted octanol–water partition coefficient (Wildman–Crippen LogP) is 2.47. The molecule has 0 saturated heterocycles. The normalized spacial score (nSPS) is 14.5. The van der Waals surface area contributed by atoms with Crippen LogP contribution in [0.25, 0.3) is 10.2 Å². The molecule has 0 spiro atoms. The summed E-state index contributed by atoms with van der Waals surface area (Å²) in [4.78, 5) is 17.3. The maximum atomic E-state index is 13.4. The van der Waals surface area contributed by atoms with Crippen LogP contribution in [0.15, 0.2) is 74.3 Å². The fourth-order valence-electron chi connectivity index (χ4n) is 3.36. The van der Waals surface area contributed by atoms with Crippen molar-refractivity contribution in [2.75, 3.05) is 10.7 Å². The van der Waals surface area contributed by atoms with Crippen molar-refractivity contribution in [2.24, 2.45) is 4.40 Å². The SMILES string of the molecule is O=c1c(C2=NS(=O)(=O)c3ccccc3N2)c(O)c2sccc2n1NCc1ccncc1. The van der Waals surface area contributed by atoms with Crippen molar-refractivity contribution >= 4 is 43.1 Å². The number of fused-ring (bicyclic) bond motifs is 2. The van der Waals surface area contributed by atoms with Crippen molar-refractivity contribution in [3.63, 3.8) is 0 Å². The van der Waals surface area contributed by atoms with E-state index in [1.54, 1.807) is 54.2 Å². The van der Waals surface area contributed by atoms with Crippen LogP contribution in [0.4, 0.5) is 5.69 Å². The highest BCUT2D eigenvalue weighted by Crippen LogP contribution is 2.34. The Morgan fingerprint density at radius 3 is 2.71 bits per heavy atom. The molecule has 0 atom stereocenters. The molecule has 0 unspecified atom stereocenters. The lowest BCUT2D eigenvalue weighted by Crippen LogP contribution is -2.36. The Balaban J connectivity index is 1.67. The Bertz CT molecular complexity index is 1510. The van der Waals surface area contributed by atoms with Gasteiger partial charge in [0.25, 0.3) is 15.6 Å². The minimum atomic E-state index is -4.04. The Labute approximate surface area is 180 Å². The van der Waals surface area contributed by atoms with E-state index < -0.39 is 15.6 Å². The van der Waals surface area contributed by atoms with Crippen molar-refractivity contribution in [3.05, 3.63) is 81.7 Å².